The zero-order valence-corrected chi connectivity index (χ0v) is 18.6. The fourth-order valence-electron chi connectivity index (χ4n) is 4.08. The van der Waals surface area contributed by atoms with Gasteiger partial charge in [0, 0.05) is 41.7 Å². The molecule has 0 aromatic heterocycles. The molecule has 0 unspecified atom stereocenters. The topological polar surface area (TPSA) is 59.0 Å². The number of piperidine rings is 1. The Morgan fingerprint density at radius 1 is 1.25 bits per heavy atom. The monoisotopic (exact) mass is 499 g/mol. The van der Waals surface area contributed by atoms with E-state index in [1.165, 1.54) is 9.99 Å². The van der Waals surface area contributed by atoms with Crippen LogP contribution in [0.15, 0.2) is 36.1 Å². The number of carbonyl (C=O) groups is 1. The molecule has 2 heterocycles. The van der Waals surface area contributed by atoms with Crippen molar-refractivity contribution in [3.8, 4) is 0 Å². The van der Waals surface area contributed by atoms with Crippen LogP contribution >= 0.6 is 22.6 Å². The quantitative estimate of drug-likeness (QED) is 0.576. The number of hydrogen-bond donors (Lipinski definition) is 1. The third-order valence-electron chi connectivity index (χ3n) is 5.52. The number of aliphatic hydroxyl groups is 1. The van der Waals surface area contributed by atoms with Crippen LogP contribution < -0.4 is 0 Å². The average Bonchev–Trinajstić information content (AvgIpc) is 2.73. The highest BCUT2D eigenvalue weighted by Gasteiger charge is 2.38. The summed E-state index contributed by atoms with van der Waals surface area (Å²) in [6.07, 6.45) is 6.24. The lowest BCUT2D eigenvalue weighted by atomic mass is 9.80. The molecule has 5 nitrogen and oxygen atoms in total. The average molecular weight is 499 g/mol. The zero-order chi connectivity index (χ0) is 19.9. The number of aliphatic hydroxyl groups excluding tert-OH is 1. The minimum Gasteiger partial charge on any atom is -0.459 e. The van der Waals surface area contributed by atoms with E-state index in [0.717, 1.165) is 37.9 Å². The minimum absolute atomic E-state index is 0.0255. The van der Waals surface area contributed by atoms with Crippen molar-refractivity contribution in [3.63, 3.8) is 0 Å². The van der Waals surface area contributed by atoms with Crippen LogP contribution in [0.3, 0.4) is 0 Å². The van der Waals surface area contributed by atoms with Crippen LogP contribution in [-0.2, 0) is 14.3 Å². The smallest absolute Gasteiger partial charge is 0.288 e. The van der Waals surface area contributed by atoms with Gasteiger partial charge in [-0.2, -0.15) is 0 Å². The van der Waals surface area contributed by atoms with Gasteiger partial charge in [-0.15, -0.1) is 0 Å². The van der Waals surface area contributed by atoms with E-state index in [9.17, 15) is 9.90 Å². The Labute approximate surface area is 181 Å². The van der Waals surface area contributed by atoms with Crippen LogP contribution in [0.5, 0.6) is 0 Å². The normalized spacial score (nSPS) is 25.2. The SMILES string of the molecule is CCO[C@@H]1OC(C(=O)N2CCCCC2)=C[C@H](c2ccc(I)cc2)[C@H]1CCCO. The van der Waals surface area contributed by atoms with Gasteiger partial charge in [0.2, 0.25) is 6.29 Å². The van der Waals surface area contributed by atoms with E-state index in [0.29, 0.717) is 18.8 Å². The highest BCUT2D eigenvalue weighted by Crippen LogP contribution is 2.40. The first-order valence-electron chi connectivity index (χ1n) is 10.3. The first-order valence-corrected chi connectivity index (χ1v) is 11.4. The van der Waals surface area contributed by atoms with Crippen LogP contribution in [0.4, 0.5) is 0 Å². The molecule has 3 rings (SSSR count). The number of carbonyl (C=O) groups excluding carboxylic acids is 1. The summed E-state index contributed by atoms with van der Waals surface area (Å²) in [5, 5.41) is 9.36. The lowest BCUT2D eigenvalue weighted by Gasteiger charge is -2.38. The molecule has 1 aromatic carbocycles. The Bertz CT molecular complexity index is 670. The molecule has 1 fully saturated rings. The second kappa shape index (κ2) is 10.6. The van der Waals surface area contributed by atoms with Gasteiger partial charge in [0.1, 0.15) is 0 Å². The van der Waals surface area contributed by atoms with Crippen molar-refractivity contribution in [2.45, 2.75) is 51.2 Å². The van der Waals surface area contributed by atoms with Gasteiger partial charge in [0.25, 0.3) is 5.91 Å². The fraction of sp³-hybridized carbons (Fsp3) is 0.591. The van der Waals surface area contributed by atoms with E-state index in [4.69, 9.17) is 9.47 Å². The Morgan fingerprint density at radius 2 is 1.96 bits per heavy atom. The molecule has 1 aromatic rings. The van der Waals surface area contributed by atoms with Gasteiger partial charge in [0.15, 0.2) is 5.76 Å². The Hall–Kier alpha value is -1.12. The van der Waals surface area contributed by atoms with Crippen molar-refractivity contribution in [1.29, 1.82) is 0 Å². The fourth-order valence-corrected chi connectivity index (χ4v) is 4.43. The molecule has 0 bridgehead atoms. The Morgan fingerprint density at radius 3 is 2.61 bits per heavy atom. The molecular weight excluding hydrogens is 469 g/mol. The number of halogens is 1. The summed E-state index contributed by atoms with van der Waals surface area (Å²) in [5.41, 5.74) is 1.15. The summed E-state index contributed by atoms with van der Waals surface area (Å²) in [5.74, 6) is 0.465. The summed E-state index contributed by atoms with van der Waals surface area (Å²) < 4.78 is 13.2. The molecule has 1 N–H and O–H groups in total. The number of nitrogens with zero attached hydrogens (tertiary/aromatic N) is 1. The van der Waals surface area contributed by atoms with E-state index < -0.39 is 6.29 Å². The number of allylic oxidation sites excluding steroid dienone is 1. The largest absolute Gasteiger partial charge is 0.459 e. The number of amides is 1. The van der Waals surface area contributed by atoms with Crippen molar-refractivity contribution in [3.05, 3.63) is 45.2 Å². The molecule has 0 saturated carbocycles. The van der Waals surface area contributed by atoms with E-state index in [1.54, 1.807) is 0 Å². The molecule has 28 heavy (non-hydrogen) atoms. The lowest BCUT2D eigenvalue weighted by Crippen LogP contribution is -2.42. The predicted octanol–water partition coefficient (Wildman–Crippen LogP) is 4.05. The molecule has 2 aliphatic rings. The maximum Gasteiger partial charge on any atom is 0.288 e. The van der Waals surface area contributed by atoms with Crippen LogP contribution in [-0.4, -0.2) is 48.5 Å². The maximum absolute atomic E-state index is 13.1. The lowest BCUT2D eigenvalue weighted by molar-refractivity contribution is -0.170. The third-order valence-corrected chi connectivity index (χ3v) is 6.24. The molecule has 6 heteroatoms. The van der Waals surface area contributed by atoms with Crippen LogP contribution in [0.1, 0.15) is 50.5 Å². The zero-order valence-electron chi connectivity index (χ0n) is 16.5. The number of hydrogen-bond acceptors (Lipinski definition) is 4. The molecule has 0 aliphatic carbocycles. The van der Waals surface area contributed by atoms with Crippen molar-refractivity contribution < 1.29 is 19.4 Å². The maximum atomic E-state index is 13.1. The predicted molar refractivity (Wildman–Crippen MR) is 117 cm³/mol. The van der Waals surface area contributed by atoms with Gasteiger partial charge in [-0.25, -0.2) is 0 Å². The second-order valence-electron chi connectivity index (χ2n) is 7.43. The van der Waals surface area contributed by atoms with Crippen LogP contribution in [0.2, 0.25) is 0 Å². The van der Waals surface area contributed by atoms with Gasteiger partial charge in [-0.1, -0.05) is 12.1 Å². The van der Waals surface area contributed by atoms with E-state index in [1.807, 2.05) is 17.9 Å². The summed E-state index contributed by atoms with van der Waals surface area (Å²) in [7, 11) is 0. The molecular formula is C22H30INO4. The van der Waals surface area contributed by atoms with Gasteiger partial charge in [-0.05, 0) is 85.4 Å². The van der Waals surface area contributed by atoms with Crippen molar-refractivity contribution in [2.75, 3.05) is 26.3 Å². The molecule has 1 amide bonds. The van der Waals surface area contributed by atoms with Gasteiger partial charge in [-0.3, -0.25) is 4.79 Å². The summed E-state index contributed by atoms with van der Waals surface area (Å²) in [6, 6.07) is 8.41. The minimum atomic E-state index is -0.477. The van der Waals surface area contributed by atoms with Crippen molar-refractivity contribution in [1.82, 2.24) is 4.90 Å². The van der Waals surface area contributed by atoms with Gasteiger partial charge < -0.3 is 19.5 Å². The highest BCUT2D eigenvalue weighted by molar-refractivity contribution is 14.1. The summed E-state index contributed by atoms with van der Waals surface area (Å²) in [4.78, 5) is 15.0. The number of ether oxygens (including phenoxy) is 2. The number of likely N-dealkylation sites (tertiary alicyclic amines) is 1. The van der Waals surface area contributed by atoms with Crippen LogP contribution in [0, 0.1) is 9.49 Å². The highest BCUT2D eigenvalue weighted by atomic mass is 127. The molecule has 2 aliphatic heterocycles. The van der Waals surface area contributed by atoms with E-state index in [2.05, 4.69) is 46.9 Å². The second-order valence-corrected chi connectivity index (χ2v) is 8.68. The Balaban J connectivity index is 1.92. The first kappa shape index (κ1) is 21.6. The standard InChI is InChI=1S/C22H30INO4/c1-2-27-22-18(7-6-14-25)19(16-8-10-17(23)11-9-16)15-20(28-22)21(26)24-12-4-3-5-13-24/h8-11,15,18-19,22,25H,2-7,12-14H2,1H3/t18-,19-,22-/m1/s1. The van der Waals surface area contributed by atoms with E-state index in [-0.39, 0.29) is 24.3 Å². The van der Waals surface area contributed by atoms with Crippen molar-refractivity contribution in [2.24, 2.45) is 5.92 Å². The van der Waals surface area contributed by atoms with E-state index >= 15 is 0 Å². The number of benzene rings is 1. The summed E-state index contributed by atoms with van der Waals surface area (Å²) >= 11 is 2.30. The molecule has 1 saturated heterocycles. The van der Waals surface area contributed by atoms with Crippen LogP contribution in [0.25, 0.3) is 0 Å². The Kier molecular flexibility index (Phi) is 8.17. The van der Waals surface area contributed by atoms with Crippen molar-refractivity contribution >= 4 is 28.5 Å². The first-order chi connectivity index (χ1) is 13.6. The molecule has 3 atom stereocenters. The molecule has 0 radical (unpaired) electrons. The van der Waals surface area contributed by atoms with Gasteiger partial charge >= 0.3 is 0 Å². The molecule has 0 spiro atoms. The number of rotatable bonds is 7. The van der Waals surface area contributed by atoms with Gasteiger partial charge in [0.05, 0.1) is 0 Å². The summed E-state index contributed by atoms with van der Waals surface area (Å²) in [6.45, 7) is 4.18. The molecule has 154 valence electrons. The third kappa shape index (κ3) is 5.27.